The zero-order valence-corrected chi connectivity index (χ0v) is 12.2. The monoisotopic (exact) mass is 302 g/mol. The number of benzene rings is 1. The van der Waals surface area contributed by atoms with Crippen LogP contribution in [0.15, 0.2) is 28.4 Å². The van der Waals surface area contributed by atoms with Crippen LogP contribution in [0, 0.1) is 18.8 Å². The lowest BCUT2D eigenvalue weighted by Crippen LogP contribution is -2.23. The van der Waals surface area contributed by atoms with Crippen LogP contribution in [0.1, 0.15) is 27.2 Å². The van der Waals surface area contributed by atoms with Gasteiger partial charge in [-0.15, -0.1) is 0 Å². The fourth-order valence-corrected chi connectivity index (χ4v) is 2.39. The Balaban J connectivity index is 2.11. The number of hydrogen-bond donors (Lipinski definition) is 3. The Morgan fingerprint density at radius 3 is 2.90 bits per heavy atom. The van der Waals surface area contributed by atoms with E-state index in [1.54, 1.807) is 17.5 Å². The van der Waals surface area contributed by atoms with Crippen molar-refractivity contribution < 1.29 is 9.90 Å². The summed E-state index contributed by atoms with van der Waals surface area (Å²) in [5.74, 6) is 5.10. The molecule has 6 heteroatoms. The van der Waals surface area contributed by atoms with E-state index < -0.39 is 0 Å². The Hall–Kier alpha value is -2.36. The van der Waals surface area contributed by atoms with Gasteiger partial charge in [0.25, 0.3) is 5.91 Å². The minimum absolute atomic E-state index is 0.142. The summed E-state index contributed by atoms with van der Waals surface area (Å²) in [6.45, 7) is 1.92. The van der Waals surface area contributed by atoms with E-state index >= 15 is 0 Å². The molecule has 108 valence electrons. The highest BCUT2D eigenvalue weighted by atomic mass is 32.1. The van der Waals surface area contributed by atoms with Crippen LogP contribution >= 0.6 is 11.3 Å². The summed E-state index contributed by atoms with van der Waals surface area (Å²) in [6, 6.07) is 5.27. The lowest BCUT2D eigenvalue weighted by Gasteiger charge is -2.05. The maximum Gasteiger partial charge on any atom is 0.304 e. The van der Waals surface area contributed by atoms with Crippen LogP contribution in [0.3, 0.4) is 0 Å². The Kier molecular flexibility index (Phi) is 4.93. The molecular weight excluding hydrogens is 288 g/mol. The molecule has 0 atom stereocenters. The van der Waals surface area contributed by atoms with Crippen molar-refractivity contribution in [2.45, 2.75) is 13.5 Å². The lowest BCUT2D eigenvalue weighted by atomic mass is 10.1. The van der Waals surface area contributed by atoms with Crippen molar-refractivity contribution in [2.75, 3.05) is 6.61 Å². The van der Waals surface area contributed by atoms with Gasteiger partial charge in [0, 0.05) is 22.2 Å². The molecule has 0 spiro atoms. The maximum atomic E-state index is 12.1. The average molecular weight is 302 g/mol. The second-order valence-electron chi connectivity index (χ2n) is 4.40. The highest BCUT2D eigenvalue weighted by molar-refractivity contribution is 7.07. The number of hydrogen-bond acceptors (Lipinski definition) is 4. The largest absolute Gasteiger partial charge is 0.384 e. The molecule has 0 bridgehead atoms. The number of aliphatic hydroxyl groups is 1. The number of thiazole rings is 1. The number of aliphatic hydroxyl groups excluding tert-OH is 1. The fourth-order valence-electron chi connectivity index (χ4n) is 1.81. The van der Waals surface area contributed by atoms with Gasteiger partial charge in [0.2, 0.25) is 0 Å². The Morgan fingerprint density at radius 1 is 1.43 bits per heavy atom. The molecule has 1 heterocycles. The minimum atomic E-state index is -0.238. The second kappa shape index (κ2) is 6.88. The normalized spacial score (nSPS) is 9.81. The number of amides is 1. The van der Waals surface area contributed by atoms with Gasteiger partial charge in [-0.05, 0) is 30.7 Å². The topological polar surface area (TPSA) is 82.2 Å². The van der Waals surface area contributed by atoms with E-state index in [0.717, 1.165) is 16.9 Å². The molecule has 0 unspecified atom stereocenters. The summed E-state index contributed by atoms with van der Waals surface area (Å²) in [6.07, 6.45) is 0. The molecule has 21 heavy (non-hydrogen) atoms. The van der Waals surface area contributed by atoms with Crippen LogP contribution in [0.2, 0.25) is 0 Å². The maximum absolute atomic E-state index is 12.1. The zero-order valence-electron chi connectivity index (χ0n) is 11.4. The molecule has 0 aliphatic carbocycles. The van der Waals surface area contributed by atoms with E-state index in [9.17, 15) is 9.59 Å². The van der Waals surface area contributed by atoms with Gasteiger partial charge in [-0.2, -0.15) is 0 Å². The third-order valence-corrected chi connectivity index (χ3v) is 3.38. The number of aryl methyl sites for hydroxylation is 1. The molecule has 1 aromatic carbocycles. The highest BCUT2D eigenvalue weighted by Gasteiger charge is 2.07. The number of H-pyrrole nitrogens is 1. The Labute approximate surface area is 125 Å². The minimum Gasteiger partial charge on any atom is -0.384 e. The molecule has 3 N–H and O–H groups in total. The first-order valence-electron chi connectivity index (χ1n) is 6.25. The van der Waals surface area contributed by atoms with Gasteiger partial charge in [0.1, 0.15) is 6.61 Å². The van der Waals surface area contributed by atoms with Crippen LogP contribution in [-0.2, 0) is 6.54 Å². The SMILES string of the molecule is Cc1cc(C#CCO)cc(C(=O)NCc2csc(=O)[nH]2)c1. The van der Waals surface area contributed by atoms with Crippen LogP contribution in [0.5, 0.6) is 0 Å². The first-order valence-corrected chi connectivity index (χ1v) is 7.13. The molecule has 0 saturated carbocycles. The van der Waals surface area contributed by atoms with E-state index in [-0.39, 0.29) is 23.9 Å². The van der Waals surface area contributed by atoms with Crippen molar-refractivity contribution >= 4 is 17.2 Å². The van der Waals surface area contributed by atoms with Crippen molar-refractivity contribution in [3.8, 4) is 11.8 Å². The quantitative estimate of drug-likeness (QED) is 0.740. The van der Waals surface area contributed by atoms with Crippen LogP contribution in [-0.4, -0.2) is 22.6 Å². The van der Waals surface area contributed by atoms with Crippen molar-refractivity contribution in [1.82, 2.24) is 10.3 Å². The molecule has 0 aliphatic rings. The fraction of sp³-hybridized carbons (Fsp3) is 0.200. The van der Waals surface area contributed by atoms with Crippen molar-refractivity contribution in [1.29, 1.82) is 0 Å². The van der Waals surface area contributed by atoms with Crippen molar-refractivity contribution in [2.24, 2.45) is 0 Å². The summed E-state index contributed by atoms with van der Waals surface area (Å²) in [7, 11) is 0. The van der Waals surface area contributed by atoms with E-state index in [1.165, 1.54) is 0 Å². The summed E-state index contributed by atoms with van der Waals surface area (Å²) >= 11 is 1.06. The van der Waals surface area contributed by atoms with Crippen LogP contribution in [0.4, 0.5) is 0 Å². The second-order valence-corrected chi connectivity index (χ2v) is 5.25. The highest BCUT2D eigenvalue weighted by Crippen LogP contribution is 2.09. The van der Waals surface area contributed by atoms with Gasteiger partial charge in [-0.25, -0.2) is 0 Å². The van der Waals surface area contributed by atoms with E-state index in [2.05, 4.69) is 22.1 Å². The van der Waals surface area contributed by atoms with Gasteiger partial charge >= 0.3 is 4.87 Å². The number of carbonyl (C=O) groups is 1. The smallest absolute Gasteiger partial charge is 0.304 e. The van der Waals surface area contributed by atoms with Crippen molar-refractivity contribution in [3.63, 3.8) is 0 Å². The summed E-state index contributed by atoms with van der Waals surface area (Å²) in [5.41, 5.74) is 2.76. The number of rotatable bonds is 3. The number of nitrogens with one attached hydrogen (secondary N) is 2. The molecule has 0 radical (unpaired) electrons. The first-order chi connectivity index (χ1) is 10.1. The first kappa shape index (κ1) is 15.0. The van der Waals surface area contributed by atoms with Gasteiger partial charge in [-0.1, -0.05) is 23.2 Å². The standard InChI is InChI=1S/C15H14N2O3S/c1-10-5-11(3-2-4-18)7-12(6-10)14(19)16-8-13-9-21-15(20)17-13/h5-7,9,18H,4,8H2,1H3,(H,16,19)(H,17,20). The molecule has 2 rings (SSSR count). The molecular formula is C15H14N2O3S. The molecule has 1 aromatic heterocycles. The molecule has 2 aromatic rings. The third-order valence-electron chi connectivity index (χ3n) is 2.66. The molecule has 0 saturated heterocycles. The van der Waals surface area contributed by atoms with Gasteiger partial charge in [0.15, 0.2) is 0 Å². The summed E-state index contributed by atoms with van der Waals surface area (Å²) in [4.78, 5) is 25.6. The van der Waals surface area contributed by atoms with Crippen LogP contribution < -0.4 is 10.2 Å². The Bertz CT molecular complexity index is 765. The third kappa shape index (κ3) is 4.31. The number of aromatic nitrogens is 1. The predicted octanol–water partition coefficient (Wildman–Crippen LogP) is 1.02. The van der Waals surface area contributed by atoms with Gasteiger partial charge in [-0.3, -0.25) is 9.59 Å². The van der Waals surface area contributed by atoms with Crippen molar-refractivity contribution in [3.05, 3.63) is 55.6 Å². The van der Waals surface area contributed by atoms with Gasteiger partial charge in [0.05, 0.1) is 6.54 Å². The number of aromatic amines is 1. The van der Waals surface area contributed by atoms with E-state index in [0.29, 0.717) is 16.8 Å². The van der Waals surface area contributed by atoms with E-state index in [1.807, 2.05) is 13.0 Å². The molecule has 0 fully saturated rings. The predicted molar refractivity (Wildman–Crippen MR) is 81.3 cm³/mol. The zero-order chi connectivity index (χ0) is 15.2. The molecule has 1 amide bonds. The summed E-state index contributed by atoms with van der Waals surface area (Å²) in [5, 5.41) is 13.1. The lowest BCUT2D eigenvalue weighted by molar-refractivity contribution is 0.0950. The number of carbonyl (C=O) groups excluding carboxylic acids is 1. The molecule has 5 nitrogen and oxygen atoms in total. The Morgan fingerprint density at radius 2 is 2.24 bits per heavy atom. The average Bonchev–Trinajstić information content (AvgIpc) is 2.87. The summed E-state index contributed by atoms with van der Waals surface area (Å²) < 4.78 is 0. The van der Waals surface area contributed by atoms with Gasteiger partial charge < -0.3 is 15.4 Å². The molecule has 0 aliphatic heterocycles. The van der Waals surface area contributed by atoms with E-state index in [4.69, 9.17) is 5.11 Å². The van der Waals surface area contributed by atoms with Crippen LogP contribution in [0.25, 0.3) is 0 Å².